The highest BCUT2D eigenvalue weighted by Crippen LogP contribution is 2.32. The van der Waals surface area contributed by atoms with E-state index in [0.717, 1.165) is 5.56 Å². The molecule has 106 valence electrons. The average molecular weight is 276 g/mol. The van der Waals surface area contributed by atoms with Gasteiger partial charge in [0.1, 0.15) is 0 Å². The Morgan fingerprint density at radius 1 is 1.20 bits per heavy atom. The van der Waals surface area contributed by atoms with Gasteiger partial charge in [0.05, 0.1) is 5.56 Å². The van der Waals surface area contributed by atoms with E-state index >= 15 is 0 Å². The Labute approximate surface area is 118 Å². The minimum Gasteiger partial charge on any atom is -0.399 e. The quantitative estimate of drug-likeness (QED) is 0.481. The molecule has 0 radical (unpaired) electrons. The first-order chi connectivity index (χ1) is 9.45. The lowest BCUT2D eigenvalue weighted by molar-refractivity contribution is 0.520. The van der Waals surface area contributed by atoms with Crippen molar-refractivity contribution in [3.05, 3.63) is 35.2 Å². The summed E-state index contributed by atoms with van der Waals surface area (Å²) in [4.78, 5) is 3.18. The number of nitrogen functional groups attached to an aromatic ring is 1. The lowest BCUT2D eigenvalue weighted by Crippen LogP contribution is -2.02. The summed E-state index contributed by atoms with van der Waals surface area (Å²) in [7, 11) is 0. The first-order valence-corrected chi connectivity index (χ1v) is 6.50. The van der Waals surface area contributed by atoms with Gasteiger partial charge in [-0.05, 0) is 23.6 Å². The molecule has 0 aliphatic carbocycles. The average Bonchev–Trinajstić information content (AvgIpc) is 2.41. The minimum absolute atomic E-state index is 0.0184. The lowest BCUT2D eigenvalue weighted by atomic mass is 9.93. The molecule has 2 nitrogen and oxygen atoms in total. The van der Waals surface area contributed by atoms with Crippen LogP contribution < -0.4 is 5.73 Å². The molecule has 20 heavy (non-hydrogen) atoms. The molecular formula is C16H18F2N2. The molecule has 2 aromatic rings. The summed E-state index contributed by atoms with van der Waals surface area (Å²) in [6.45, 7) is 7.81. The Balaban J connectivity index is 0.000000956. The Morgan fingerprint density at radius 2 is 1.80 bits per heavy atom. The molecule has 0 saturated heterocycles. The smallest absolute Gasteiger partial charge is 0.231 e. The van der Waals surface area contributed by atoms with Gasteiger partial charge in [-0.2, -0.15) is 13.8 Å². The molecule has 0 aliphatic rings. The Morgan fingerprint density at radius 3 is 2.30 bits per heavy atom. The Kier molecular flexibility index (Phi) is 5.04. The van der Waals surface area contributed by atoms with Gasteiger partial charge in [-0.1, -0.05) is 33.6 Å². The van der Waals surface area contributed by atoms with E-state index in [-0.39, 0.29) is 16.9 Å². The summed E-state index contributed by atoms with van der Waals surface area (Å²) in [5, 5.41) is 0.541. The molecule has 0 saturated carbocycles. The number of fused-ring (bicyclic) bond motifs is 1. The first kappa shape index (κ1) is 15.9. The zero-order valence-corrected chi connectivity index (χ0v) is 12.1. The van der Waals surface area contributed by atoms with Crippen molar-refractivity contribution in [1.82, 2.24) is 4.98 Å². The summed E-state index contributed by atoms with van der Waals surface area (Å²) in [6, 6.07) is 3.11. The third kappa shape index (κ3) is 2.72. The third-order valence-corrected chi connectivity index (χ3v) is 2.83. The fourth-order valence-electron chi connectivity index (χ4n) is 2.02. The first-order valence-electron chi connectivity index (χ1n) is 6.50. The molecule has 0 unspecified atom stereocenters. The SMILES string of the molecule is C#Cc1c(F)nc(F)c2cc(N)cc(C(C)C)c12.CC. The Bertz CT molecular complexity index is 670. The monoisotopic (exact) mass is 276 g/mol. The van der Waals surface area contributed by atoms with Crippen LogP contribution >= 0.6 is 0 Å². The second-order valence-corrected chi connectivity index (χ2v) is 4.40. The predicted octanol–water partition coefficient (Wildman–Crippen LogP) is 4.23. The topological polar surface area (TPSA) is 38.9 Å². The van der Waals surface area contributed by atoms with Gasteiger partial charge in [0, 0.05) is 16.5 Å². The van der Waals surface area contributed by atoms with Gasteiger partial charge in [-0.25, -0.2) is 0 Å². The van der Waals surface area contributed by atoms with Gasteiger partial charge in [0.2, 0.25) is 11.9 Å². The van der Waals surface area contributed by atoms with E-state index in [9.17, 15) is 8.78 Å². The molecule has 0 atom stereocenters. The van der Waals surface area contributed by atoms with Crippen LogP contribution in [0.2, 0.25) is 0 Å². The van der Waals surface area contributed by atoms with Gasteiger partial charge < -0.3 is 5.73 Å². The summed E-state index contributed by atoms with van der Waals surface area (Å²) < 4.78 is 27.3. The van der Waals surface area contributed by atoms with E-state index in [1.807, 2.05) is 27.7 Å². The van der Waals surface area contributed by atoms with E-state index in [0.29, 0.717) is 11.1 Å². The van der Waals surface area contributed by atoms with E-state index in [1.165, 1.54) is 6.07 Å². The number of halogens is 2. The number of nitrogens with two attached hydrogens (primary N) is 1. The minimum atomic E-state index is -0.964. The van der Waals surface area contributed by atoms with Crippen LogP contribution in [0.4, 0.5) is 14.5 Å². The zero-order chi connectivity index (χ0) is 15.4. The summed E-state index contributed by atoms with van der Waals surface area (Å²) in [5.74, 6) is 0.424. The maximum Gasteiger partial charge on any atom is 0.231 e. The van der Waals surface area contributed by atoms with Crippen molar-refractivity contribution >= 4 is 16.5 Å². The maximum atomic E-state index is 13.7. The number of pyridine rings is 1. The molecule has 1 heterocycles. The van der Waals surface area contributed by atoms with Gasteiger partial charge in [0.25, 0.3) is 0 Å². The van der Waals surface area contributed by atoms with Crippen LogP contribution in [0.3, 0.4) is 0 Å². The van der Waals surface area contributed by atoms with Gasteiger partial charge >= 0.3 is 0 Å². The number of aromatic nitrogens is 1. The van der Waals surface area contributed by atoms with Crippen molar-refractivity contribution in [2.75, 3.05) is 5.73 Å². The number of nitrogens with zero attached hydrogens (tertiary/aromatic N) is 1. The number of anilines is 1. The molecule has 4 heteroatoms. The fraction of sp³-hybridized carbons (Fsp3) is 0.312. The molecule has 0 spiro atoms. The van der Waals surface area contributed by atoms with Crippen LogP contribution in [0.1, 0.15) is 44.7 Å². The fourth-order valence-corrected chi connectivity index (χ4v) is 2.02. The van der Waals surface area contributed by atoms with E-state index in [1.54, 1.807) is 6.07 Å². The maximum absolute atomic E-state index is 13.7. The molecule has 2 rings (SSSR count). The highest BCUT2D eigenvalue weighted by atomic mass is 19.1. The number of benzene rings is 1. The number of hydrogen-bond acceptors (Lipinski definition) is 2. The van der Waals surface area contributed by atoms with E-state index in [4.69, 9.17) is 12.2 Å². The number of rotatable bonds is 1. The van der Waals surface area contributed by atoms with Crippen molar-refractivity contribution in [2.24, 2.45) is 0 Å². The third-order valence-electron chi connectivity index (χ3n) is 2.83. The van der Waals surface area contributed by atoms with Crippen molar-refractivity contribution < 1.29 is 8.78 Å². The largest absolute Gasteiger partial charge is 0.399 e. The zero-order valence-electron chi connectivity index (χ0n) is 12.1. The molecule has 0 amide bonds. The molecule has 1 aromatic heterocycles. The van der Waals surface area contributed by atoms with E-state index in [2.05, 4.69) is 10.9 Å². The van der Waals surface area contributed by atoms with Crippen LogP contribution in [0.25, 0.3) is 10.8 Å². The van der Waals surface area contributed by atoms with Crippen molar-refractivity contribution in [3.63, 3.8) is 0 Å². The standard InChI is InChI=1S/C14H12F2N2.C2H6/c1-4-9-12-10(7(2)3)5-8(17)6-11(12)14(16)18-13(9)15;1-2/h1,5-7H,17H2,2-3H3;1-2H3. The second-order valence-electron chi connectivity index (χ2n) is 4.40. The van der Waals surface area contributed by atoms with Crippen LogP contribution in [-0.2, 0) is 0 Å². The van der Waals surface area contributed by atoms with Gasteiger partial charge in [0.15, 0.2) is 0 Å². The molecule has 0 fully saturated rings. The lowest BCUT2D eigenvalue weighted by Gasteiger charge is -2.13. The van der Waals surface area contributed by atoms with Gasteiger partial charge in [-0.3, -0.25) is 0 Å². The molecule has 0 aliphatic heterocycles. The number of hydrogen-bond donors (Lipinski definition) is 1. The molecular weight excluding hydrogens is 258 g/mol. The number of terminal acetylenes is 1. The highest BCUT2D eigenvalue weighted by Gasteiger charge is 2.17. The van der Waals surface area contributed by atoms with Crippen LogP contribution in [-0.4, -0.2) is 4.98 Å². The highest BCUT2D eigenvalue weighted by molar-refractivity contribution is 5.93. The molecule has 2 N–H and O–H groups in total. The van der Waals surface area contributed by atoms with Crippen LogP contribution in [0.15, 0.2) is 12.1 Å². The second kappa shape index (κ2) is 6.33. The summed E-state index contributed by atoms with van der Waals surface area (Å²) in [5.41, 5.74) is 6.83. The van der Waals surface area contributed by atoms with Crippen molar-refractivity contribution in [1.29, 1.82) is 0 Å². The predicted molar refractivity (Wildman–Crippen MR) is 79.4 cm³/mol. The van der Waals surface area contributed by atoms with E-state index < -0.39 is 11.9 Å². The van der Waals surface area contributed by atoms with Crippen molar-refractivity contribution in [3.8, 4) is 12.3 Å². The molecule has 0 bridgehead atoms. The summed E-state index contributed by atoms with van der Waals surface area (Å²) >= 11 is 0. The normalized spacial score (nSPS) is 10.1. The van der Waals surface area contributed by atoms with Gasteiger partial charge in [-0.15, -0.1) is 6.42 Å². The Hall–Kier alpha value is -2.15. The van der Waals surface area contributed by atoms with Crippen molar-refractivity contribution in [2.45, 2.75) is 33.6 Å². The van der Waals surface area contributed by atoms with Crippen LogP contribution in [0.5, 0.6) is 0 Å². The summed E-state index contributed by atoms with van der Waals surface area (Å²) in [6.07, 6.45) is 5.29. The molecule has 1 aromatic carbocycles. The van der Waals surface area contributed by atoms with Crippen LogP contribution in [0, 0.1) is 24.2 Å².